The maximum atomic E-state index is 12.9. The topological polar surface area (TPSA) is 74.3 Å². The highest BCUT2D eigenvalue weighted by atomic mass is 32.2. The van der Waals surface area contributed by atoms with Gasteiger partial charge < -0.3 is 10.2 Å². The van der Waals surface area contributed by atoms with Crippen molar-refractivity contribution in [2.24, 2.45) is 0 Å². The number of pyridine rings is 1. The lowest BCUT2D eigenvalue weighted by molar-refractivity contribution is 0.425. The first-order chi connectivity index (χ1) is 10.9. The van der Waals surface area contributed by atoms with E-state index in [1.165, 1.54) is 12.1 Å². The zero-order valence-electron chi connectivity index (χ0n) is 13.0. The number of hydrogen-bond donors (Lipinski definition) is 2. The van der Waals surface area contributed by atoms with Gasteiger partial charge in [-0.05, 0) is 50.5 Å². The smallest absolute Gasteiger partial charge is 0.263 e. The molecule has 1 heterocycles. The maximum absolute atomic E-state index is 12.9. The predicted molar refractivity (Wildman–Crippen MR) is 88.5 cm³/mol. The number of aromatic nitrogens is 1. The lowest BCUT2D eigenvalue weighted by Crippen LogP contribution is -2.20. The standard InChI is InChI=1S/C15H19FN4O2S/c1-20(2)10-9-17-13-5-8-15(18-11-13)19-23(21,22)14-6-3-12(16)4-7-14/h3-8,11,17H,9-10H2,1-2H3,(H,18,19). The van der Waals surface area contributed by atoms with E-state index in [4.69, 9.17) is 0 Å². The van der Waals surface area contributed by atoms with Crippen LogP contribution in [0.3, 0.4) is 0 Å². The first kappa shape index (κ1) is 17.2. The van der Waals surface area contributed by atoms with Gasteiger partial charge in [-0.3, -0.25) is 4.72 Å². The van der Waals surface area contributed by atoms with E-state index in [9.17, 15) is 12.8 Å². The van der Waals surface area contributed by atoms with Crippen LogP contribution < -0.4 is 10.0 Å². The third-order valence-corrected chi connectivity index (χ3v) is 4.39. The van der Waals surface area contributed by atoms with Crippen LogP contribution >= 0.6 is 0 Å². The molecule has 0 aliphatic carbocycles. The van der Waals surface area contributed by atoms with Crippen molar-refractivity contribution in [3.05, 3.63) is 48.4 Å². The van der Waals surface area contributed by atoms with Crippen LogP contribution in [0.4, 0.5) is 15.9 Å². The van der Waals surface area contributed by atoms with Crippen molar-refractivity contribution in [1.82, 2.24) is 9.88 Å². The minimum atomic E-state index is -3.78. The average molecular weight is 338 g/mol. The molecule has 6 nitrogen and oxygen atoms in total. The molecule has 2 rings (SSSR count). The zero-order valence-corrected chi connectivity index (χ0v) is 13.8. The van der Waals surface area contributed by atoms with E-state index in [1.54, 1.807) is 18.3 Å². The van der Waals surface area contributed by atoms with Gasteiger partial charge >= 0.3 is 0 Å². The van der Waals surface area contributed by atoms with Gasteiger partial charge in [0.25, 0.3) is 10.0 Å². The predicted octanol–water partition coefficient (Wildman–Crippen LogP) is 2.00. The molecule has 2 aromatic rings. The van der Waals surface area contributed by atoms with Crippen LogP contribution in [0.5, 0.6) is 0 Å². The quantitative estimate of drug-likeness (QED) is 0.808. The zero-order chi connectivity index (χ0) is 16.9. The van der Waals surface area contributed by atoms with Crippen LogP contribution in [-0.2, 0) is 10.0 Å². The monoisotopic (exact) mass is 338 g/mol. The van der Waals surface area contributed by atoms with Crippen LogP contribution in [0, 0.1) is 5.82 Å². The maximum Gasteiger partial charge on any atom is 0.263 e. The van der Waals surface area contributed by atoms with Gasteiger partial charge in [-0.15, -0.1) is 0 Å². The summed E-state index contributed by atoms with van der Waals surface area (Å²) in [7, 11) is 0.181. The summed E-state index contributed by atoms with van der Waals surface area (Å²) in [6.45, 7) is 1.63. The second-order valence-electron chi connectivity index (χ2n) is 5.22. The number of halogens is 1. The van der Waals surface area contributed by atoms with Crippen LogP contribution in [0.15, 0.2) is 47.5 Å². The molecule has 1 aromatic heterocycles. The Hall–Kier alpha value is -2.19. The molecule has 0 bridgehead atoms. The van der Waals surface area contributed by atoms with E-state index in [0.717, 1.165) is 30.9 Å². The lowest BCUT2D eigenvalue weighted by atomic mass is 10.4. The van der Waals surface area contributed by atoms with Gasteiger partial charge in [0, 0.05) is 13.1 Å². The van der Waals surface area contributed by atoms with Crippen molar-refractivity contribution in [3.8, 4) is 0 Å². The highest BCUT2D eigenvalue weighted by Gasteiger charge is 2.14. The number of sulfonamides is 1. The molecule has 1 aromatic carbocycles. The largest absolute Gasteiger partial charge is 0.383 e. The Bertz CT molecular complexity index is 731. The van der Waals surface area contributed by atoms with Crippen molar-refractivity contribution in [3.63, 3.8) is 0 Å². The summed E-state index contributed by atoms with van der Waals surface area (Å²) in [6, 6.07) is 7.91. The van der Waals surface area contributed by atoms with E-state index >= 15 is 0 Å². The van der Waals surface area contributed by atoms with Crippen molar-refractivity contribution in [2.45, 2.75) is 4.90 Å². The van der Waals surface area contributed by atoms with Crippen LogP contribution in [0.2, 0.25) is 0 Å². The first-order valence-corrected chi connectivity index (χ1v) is 8.48. The lowest BCUT2D eigenvalue weighted by Gasteiger charge is -2.12. The Kier molecular flexibility index (Phi) is 5.51. The van der Waals surface area contributed by atoms with Gasteiger partial charge in [0.1, 0.15) is 11.6 Å². The second kappa shape index (κ2) is 7.38. The molecule has 8 heteroatoms. The first-order valence-electron chi connectivity index (χ1n) is 7.00. The summed E-state index contributed by atoms with van der Waals surface area (Å²) in [5.41, 5.74) is 0.802. The summed E-state index contributed by atoms with van der Waals surface area (Å²) in [4.78, 5) is 6.09. The normalized spacial score (nSPS) is 11.5. The highest BCUT2D eigenvalue weighted by Crippen LogP contribution is 2.16. The Morgan fingerprint density at radius 3 is 2.39 bits per heavy atom. The number of hydrogen-bond acceptors (Lipinski definition) is 5. The third kappa shape index (κ3) is 5.19. The minimum Gasteiger partial charge on any atom is -0.383 e. The SMILES string of the molecule is CN(C)CCNc1ccc(NS(=O)(=O)c2ccc(F)cc2)nc1. The van der Waals surface area contributed by atoms with Gasteiger partial charge in [0.15, 0.2) is 0 Å². The Morgan fingerprint density at radius 2 is 1.83 bits per heavy atom. The summed E-state index contributed by atoms with van der Waals surface area (Å²) in [5.74, 6) is -0.289. The fraction of sp³-hybridized carbons (Fsp3) is 0.267. The Balaban J connectivity index is 2.01. The highest BCUT2D eigenvalue weighted by molar-refractivity contribution is 7.92. The summed E-state index contributed by atoms with van der Waals surface area (Å²) in [5, 5.41) is 3.18. The van der Waals surface area contributed by atoms with Crippen molar-refractivity contribution in [1.29, 1.82) is 0 Å². The molecule has 23 heavy (non-hydrogen) atoms. The molecule has 0 spiro atoms. The molecule has 0 aliphatic rings. The molecule has 2 N–H and O–H groups in total. The fourth-order valence-corrected chi connectivity index (χ4v) is 2.80. The Morgan fingerprint density at radius 1 is 1.13 bits per heavy atom. The Labute approximate surface area is 135 Å². The van der Waals surface area contributed by atoms with Crippen molar-refractivity contribution < 1.29 is 12.8 Å². The molecule has 124 valence electrons. The second-order valence-corrected chi connectivity index (χ2v) is 6.90. The van der Waals surface area contributed by atoms with Crippen LogP contribution in [0.25, 0.3) is 0 Å². The molecule has 0 amide bonds. The number of nitrogens with one attached hydrogen (secondary N) is 2. The molecule has 0 saturated carbocycles. The summed E-state index contributed by atoms with van der Waals surface area (Å²) < 4.78 is 39.5. The molecule has 0 saturated heterocycles. The van der Waals surface area contributed by atoms with Gasteiger partial charge in [-0.2, -0.15) is 0 Å². The van der Waals surface area contributed by atoms with E-state index in [1.807, 2.05) is 19.0 Å². The number of benzene rings is 1. The molecule has 0 unspecified atom stereocenters. The van der Waals surface area contributed by atoms with Gasteiger partial charge in [0.2, 0.25) is 0 Å². The van der Waals surface area contributed by atoms with Crippen molar-refractivity contribution in [2.75, 3.05) is 37.2 Å². The fourth-order valence-electron chi connectivity index (χ4n) is 1.79. The molecule has 0 radical (unpaired) electrons. The van der Waals surface area contributed by atoms with Crippen LogP contribution in [-0.4, -0.2) is 45.5 Å². The van der Waals surface area contributed by atoms with E-state index in [2.05, 4.69) is 15.0 Å². The van der Waals surface area contributed by atoms with Gasteiger partial charge in [-0.1, -0.05) is 0 Å². The van der Waals surface area contributed by atoms with Crippen LogP contribution in [0.1, 0.15) is 0 Å². The average Bonchev–Trinajstić information content (AvgIpc) is 2.49. The summed E-state index contributed by atoms with van der Waals surface area (Å²) in [6.07, 6.45) is 1.55. The van der Waals surface area contributed by atoms with E-state index < -0.39 is 15.8 Å². The molecular formula is C15H19FN4O2S. The van der Waals surface area contributed by atoms with Crippen molar-refractivity contribution >= 4 is 21.5 Å². The van der Waals surface area contributed by atoms with Gasteiger partial charge in [0.05, 0.1) is 16.8 Å². The third-order valence-electron chi connectivity index (χ3n) is 3.01. The summed E-state index contributed by atoms with van der Waals surface area (Å²) >= 11 is 0. The number of anilines is 2. The van der Waals surface area contributed by atoms with E-state index in [0.29, 0.717) is 0 Å². The minimum absolute atomic E-state index is 0.0196. The molecule has 0 atom stereocenters. The molecular weight excluding hydrogens is 319 g/mol. The van der Waals surface area contributed by atoms with E-state index in [-0.39, 0.29) is 10.7 Å². The number of nitrogens with zero attached hydrogens (tertiary/aromatic N) is 2. The number of rotatable bonds is 7. The molecule has 0 fully saturated rings. The molecule has 0 aliphatic heterocycles. The number of likely N-dealkylation sites (N-methyl/N-ethyl adjacent to an activating group) is 1. The van der Waals surface area contributed by atoms with Gasteiger partial charge in [-0.25, -0.2) is 17.8 Å².